The molecule has 1 aliphatic heterocycles. The average Bonchev–Trinajstić information content (AvgIpc) is 3.26. The fraction of sp³-hybridized carbons (Fsp3) is 0.115. The number of aryl methyl sites for hydroxylation is 1. The van der Waals surface area contributed by atoms with E-state index in [1.54, 1.807) is 36.1 Å². The zero-order chi connectivity index (χ0) is 23.7. The Balaban J connectivity index is 1.49. The average molecular weight is 472 g/mol. The van der Waals surface area contributed by atoms with E-state index in [4.69, 9.17) is 16.3 Å². The van der Waals surface area contributed by atoms with E-state index in [2.05, 4.69) is 51.1 Å². The van der Waals surface area contributed by atoms with Gasteiger partial charge in [-0.15, -0.1) is 5.10 Å². The molecule has 0 saturated carbocycles. The van der Waals surface area contributed by atoms with Crippen LogP contribution in [0.15, 0.2) is 78.9 Å². The number of hydrogen-bond acceptors (Lipinski definition) is 5. The number of hydrogen-bond donors (Lipinski definition) is 2. The molecule has 1 atom stereocenters. The molecular formula is C26H22ClN5O2. The molecule has 0 fully saturated rings. The molecule has 0 aliphatic carbocycles. The van der Waals surface area contributed by atoms with Crippen LogP contribution in [-0.2, 0) is 0 Å². The van der Waals surface area contributed by atoms with Crippen LogP contribution in [0.3, 0.4) is 0 Å². The standard InChI is InChI=1S/C26H22ClN5O2/c1-16-7-9-17(10-8-16)22-15-23(20-5-3-4-6-21(20)27)32-26(28-22)30-25(31-32)29-24(33)18-11-13-19(34-2)14-12-18/h3-15,23H,1-2H3,(H2,28,29,30,31,33). The van der Waals surface area contributed by atoms with Crippen molar-refractivity contribution in [1.29, 1.82) is 0 Å². The quantitative estimate of drug-likeness (QED) is 0.398. The lowest BCUT2D eigenvalue weighted by Crippen LogP contribution is -2.20. The summed E-state index contributed by atoms with van der Waals surface area (Å²) in [5, 5.41) is 11.3. The molecule has 1 aromatic heterocycles. The molecule has 2 N–H and O–H groups in total. The van der Waals surface area contributed by atoms with E-state index in [9.17, 15) is 4.79 Å². The molecule has 0 saturated heterocycles. The normalized spacial score (nSPS) is 14.6. The summed E-state index contributed by atoms with van der Waals surface area (Å²) in [6.07, 6.45) is 2.06. The number of ether oxygens (including phenoxy) is 1. The second-order valence-electron chi connectivity index (χ2n) is 7.92. The Morgan fingerprint density at radius 1 is 1.06 bits per heavy atom. The van der Waals surface area contributed by atoms with Gasteiger partial charge in [-0.05, 0) is 54.5 Å². The second kappa shape index (κ2) is 9.03. The maximum absolute atomic E-state index is 12.8. The van der Waals surface area contributed by atoms with Crippen molar-refractivity contribution in [2.75, 3.05) is 17.7 Å². The molecule has 1 unspecified atom stereocenters. The number of methoxy groups -OCH3 is 1. The van der Waals surface area contributed by atoms with Gasteiger partial charge >= 0.3 is 0 Å². The van der Waals surface area contributed by atoms with Crippen LogP contribution >= 0.6 is 11.6 Å². The van der Waals surface area contributed by atoms with E-state index in [0.717, 1.165) is 16.8 Å². The number of halogens is 1. The SMILES string of the molecule is COc1ccc(C(=O)Nc2nc3n(n2)C(c2ccccc2Cl)C=C(c2ccc(C)cc2)N3)cc1. The highest BCUT2D eigenvalue weighted by Gasteiger charge is 2.27. The Morgan fingerprint density at radius 2 is 1.79 bits per heavy atom. The van der Waals surface area contributed by atoms with Crippen molar-refractivity contribution in [3.05, 3.63) is 106 Å². The Morgan fingerprint density at radius 3 is 2.50 bits per heavy atom. The summed E-state index contributed by atoms with van der Waals surface area (Å²) in [6.45, 7) is 2.05. The fourth-order valence-electron chi connectivity index (χ4n) is 3.80. The molecule has 2 heterocycles. The summed E-state index contributed by atoms with van der Waals surface area (Å²) in [5.74, 6) is 1.06. The number of allylic oxidation sites excluding steroid dienone is 1. The van der Waals surface area contributed by atoms with Crippen LogP contribution < -0.4 is 15.4 Å². The third-order valence-electron chi connectivity index (χ3n) is 5.63. The zero-order valence-electron chi connectivity index (χ0n) is 18.6. The predicted octanol–water partition coefficient (Wildman–Crippen LogP) is 5.56. The number of amides is 1. The number of anilines is 2. The molecule has 8 heteroatoms. The van der Waals surface area contributed by atoms with Crippen molar-refractivity contribution in [2.45, 2.75) is 13.0 Å². The molecule has 3 aromatic carbocycles. The van der Waals surface area contributed by atoms with Crippen LogP contribution in [0.5, 0.6) is 5.75 Å². The maximum atomic E-state index is 12.8. The Bertz CT molecular complexity index is 1380. The van der Waals surface area contributed by atoms with E-state index in [1.165, 1.54) is 5.56 Å². The molecule has 0 radical (unpaired) electrons. The van der Waals surface area contributed by atoms with Gasteiger partial charge in [-0.3, -0.25) is 10.1 Å². The first-order valence-corrected chi connectivity index (χ1v) is 11.1. The van der Waals surface area contributed by atoms with Crippen molar-refractivity contribution in [3.63, 3.8) is 0 Å². The van der Waals surface area contributed by atoms with Crippen molar-refractivity contribution in [2.24, 2.45) is 0 Å². The highest BCUT2D eigenvalue weighted by atomic mass is 35.5. The number of rotatable bonds is 5. The molecule has 7 nitrogen and oxygen atoms in total. The summed E-state index contributed by atoms with van der Waals surface area (Å²) in [7, 11) is 1.58. The van der Waals surface area contributed by atoms with Crippen molar-refractivity contribution < 1.29 is 9.53 Å². The van der Waals surface area contributed by atoms with Crippen molar-refractivity contribution in [1.82, 2.24) is 14.8 Å². The van der Waals surface area contributed by atoms with Gasteiger partial charge in [0, 0.05) is 16.3 Å². The topological polar surface area (TPSA) is 81.1 Å². The van der Waals surface area contributed by atoms with E-state index in [0.29, 0.717) is 22.3 Å². The number of aromatic nitrogens is 3. The minimum atomic E-state index is -0.313. The molecule has 5 rings (SSSR count). The van der Waals surface area contributed by atoms with Gasteiger partial charge in [-0.25, -0.2) is 4.68 Å². The van der Waals surface area contributed by atoms with E-state index < -0.39 is 0 Å². The number of benzene rings is 3. The van der Waals surface area contributed by atoms with Crippen molar-refractivity contribution in [3.8, 4) is 5.75 Å². The lowest BCUT2D eigenvalue weighted by atomic mass is 10.0. The van der Waals surface area contributed by atoms with Crippen LogP contribution in [0.1, 0.15) is 33.1 Å². The summed E-state index contributed by atoms with van der Waals surface area (Å²) in [4.78, 5) is 17.3. The van der Waals surface area contributed by atoms with Crippen molar-refractivity contribution >= 4 is 35.1 Å². The molecule has 1 amide bonds. The van der Waals surface area contributed by atoms with Crippen LogP contribution in [0.2, 0.25) is 5.02 Å². The van der Waals surface area contributed by atoms with E-state index in [-0.39, 0.29) is 17.9 Å². The molecule has 34 heavy (non-hydrogen) atoms. The molecular weight excluding hydrogens is 450 g/mol. The van der Waals surface area contributed by atoms with Gasteiger partial charge in [0.15, 0.2) is 0 Å². The van der Waals surface area contributed by atoms with Gasteiger partial charge in [-0.1, -0.05) is 59.6 Å². The number of nitrogens with one attached hydrogen (secondary N) is 2. The summed E-state index contributed by atoms with van der Waals surface area (Å²) in [6, 6.07) is 22.4. The molecule has 0 spiro atoms. The smallest absolute Gasteiger partial charge is 0.258 e. The van der Waals surface area contributed by atoms with Gasteiger partial charge in [0.2, 0.25) is 5.95 Å². The van der Waals surface area contributed by atoms with E-state index >= 15 is 0 Å². The molecule has 1 aliphatic rings. The number of fused-ring (bicyclic) bond motifs is 1. The minimum absolute atomic E-state index is 0.193. The zero-order valence-corrected chi connectivity index (χ0v) is 19.4. The van der Waals surface area contributed by atoms with E-state index in [1.807, 2.05) is 31.2 Å². The lowest BCUT2D eigenvalue weighted by Gasteiger charge is -2.25. The van der Waals surface area contributed by atoms with Crippen LogP contribution in [0.25, 0.3) is 5.70 Å². The van der Waals surface area contributed by atoms with Gasteiger partial charge in [0.1, 0.15) is 11.8 Å². The van der Waals surface area contributed by atoms with Crippen LogP contribution in [0, 0.1) is 6.92 Å². The fourth-order valence-corrected chi connectivity index (χ4v) is 4.05. The first-order valence-electron chi connectivity index (χ1n) is 10.7. The van der Waals surface area contributed by atoms with Crippen LogP contribution in [-0.4, -0.2) is 27.8 Å². The summed E-state index contributed by atoms with van der Waals surface area (Å²) < 4.78 is 6.88. The number of carbonyl (C=O) groups is 1. The van der Waals surface area contributed by atoms with Crippen LogP contribution in [0.4, 0.5) is 11.9 Å². The molecule has 4 aromatic rings. The third-order valence-corrected chi connectivity index (χ3v) is 5.97. The first kappa shape index (κ1) is 21.7. The molecule has 170 valence electrons. The largest absolute Gasteiger partial charge is 0.497 e. The minimum Gasteiger partial charge on any atom is -0.497 e. The van der Waals surface area contributed by atoms with Gasteiger partial charge in [-0.2, -0.15) is 4.98 Å². The summed E-state index contributed by atoms with van der Waals surface area (Å²) >= 11 is 6.54. The lowest BCUT2D eigenvalue weighted by molar-refractivity contribution is 0.102. The highest BCUT2D eigenvalue weighted by molar-refractivity contribution is 6.31. The maximum Gasteiger partial charge on any atom is 0.258 e. The molecule has 0 bridgehead atoms. The van der Waals surface area contributed by atoms with Gasteiger partial charge < -0.3 is 10.1 Å². The van der Waals surface area contributed by atoms with Gasteiger partial charge in [0.05, 0.1) is 7.11 Å². The predicted molar refractivity (Wildman–Crippen MR) is 133 cm³/mol. The monoisotopic (exact) mass is 471 g/mol. The summed E-state index contributed by atoms with van der Waals surface area (Å²) in [5.41, 5.74) is 4.44. The Hall–Kier alpha value is -4.10. The Kier molecular flexibility index (Phi) is 5.77. The third kappa shape index (κ3) is 4.25. The second-order valence-corrected chi connectivity index (χ2v) is 8.33. The van der Waals surface area contributed by atoms with Gasteiger partial charge in [0.25, 0.3) is 11.9 Å². The highest BCUT2D eigenvalue weighted by Crippen LogP contribution is 2.36. The number of carbonyl (C=O) groups excluding carboxylic acids is 1. The first-order chi connectivity index (χ1) is 16.5. The number of nitrogens with zero attached hydrogens (tertiary/aromatic N) is 3. The Labute approximate surface area is 202 Å².